The van der Waals surface area contributed by atoms with E-state index in [1.54, 1.807) is 6.07 Å². The molecule has 2 aromatic rings. The van der Waals surface area contributed by atoms with Crippen LogP contribution in [-0.2, 0) is 10.3 Å². The Morgan fingerprint density at radius 3 is 2.46 bits per heavy atom. The van der Waals surface area contributed by atoms with Crippen molar-refractivity contribution in [3.63, 3.8) is 0 Å². The number of phenolic OH excluding ortho intramolecular Hbond substituents is 1. The summed E-state index contributed by atoms with van der Waals surface area (Å²) < 4.78 is 7.56. The van der Waals surface area contributed by atoms with Crippen LogP contribution in [0.2, 0.25) is 0 Å². The smallest absolute Gasteiger partial charge is 0.342 e. The molecule has 0 saturated carbocycles. The predicted molar refractivity (Wildman–Crippen MR) is 108 cm³/mol. The number of ether oxygens (including phenoxy) is 1. The Morgan fingerprint density at radius 1 is 1.12 bits per heavy atom. The average molecular weight is 550 g/mol. The molecule has 4 nitrogen and oxygen atoms in total. The molecule has 1 fully saturated rings. The summed E-state index contributed by atoms with van der Waals surface area (Å²) in [6.45, 7) is 1.83. The summed E-state index contributed by atoms with van der Waals surface area (Å²) in [7, 11) is 0. The maximum Gasteiger partial charge on any atom is 0.342 e. The lowest BCUT2D eigenvalue weighted by Crippen LogP contribution is -2.87. The van der Waals surface area contributed by atoms with Crippen LogP contribution in [0.3, 0.4) is 0 Å². The van der Waals surface area contributed by atoms with Crippen molar-refractivity contribution in [2.75, 3.05) is 13.1 Å². The molecule has 126 valence electrons. The maximum absolute atomic E-state index is 12.8. The Morgan fingerprint density at radius 2 is 1.79 bits per heavy atom. The molecule has 3 rings (SSSR count). The van der Waals surface area contributed by atoms with Crippen LogP contribution >= 0.6 is 45.2 Å². The molecule has 0 aromatic heterocycles. The largest absolute Gasteiger partial charge is 0.506 e. The van der Waals surface area contributed by atoms with E-state index in [1.807, 2.05) is 59.0 Å². The van der Waals surface area contributed by atoms with E-state index in [-0.39, 0.29) is 11.3 Å². The SMILES string of the molecule is O=C(OC1(c2ccccc2)CC[NH2+]CC1)c1cc(I)cc(I)c1O. The van der Waals surface area contributed by atoms with Crippen molar-refractivity contribution in [1.82, 2.24) is 0 Å². The van der Waals surface area contributed by atoms with E-state index in [0.717, 1.165) is 35.1 Å². The molecule has 0 radical (unpaired) electrons. The normalized spacial score (nSPS) is 16.6. The van der Waals surface area contributed by atoms with Gasteiger partial charge < -0.3 is 15.2 Å². The molecule has 6 heteroatoms. The highest BCUT2D eigenvalue weighted by Crippen LogP contribution is 2.36. The molecular formula is C18H18I2NO3+. The second kappa shape index (κ2) is 7.57. The lowest BCUT2D eigenvalue weighted by molar-refractivity contribution is -0.668. The van der Waals surface area contributed by atoms with Crippen molar-refractivity contribution in [1.29, 1.82) is 0 Å². The topological polar surface area (TPSA) is 63.1 Å². The lowest BCUT2D eigenvalue weighted by atomic mass is 9.84. The third-order valence-electron chi connectivity index (χ3n) is 4.34. The van der Waals surface area contributed by atoms with Gasteiger partial charge in [0.25, 0.3) is 0 Å². The number of benzene rings is 2. The van der Waals surface area contributed by atoms with E-state index in [0.29, 0.717) is 3.57 Å². The molecule has 0 aliphatic carbocycles. The first-order valence-electron chi connectivity index (χ1n) is 7.80. The molecular weight excluding hydrogens is 532 g/mol. The summed E-state index contributed by atoms with van der Waals surface area (Å²) in [6.07, 6.45) is 1.54. The molecule has 1 saturated heterocycles. The third kappa shape index (κ3) is 3.70. The molecule has 3 N–H and O–H groups in total. The van der Waals surface area contributed by atoms with Gasteiger partial charge in [0.2, 0.25) is 0 Å². The molecule has 0 spiro atoms. The maximum atomic E-state index is 12.8. The van der Waals surface area contributed by atoms with Crippen molar-refractivity contribution in [2.24, 2.45) is 0 Å². The van der Waals surface area contributed by atoms with E-state index in [1.165, 1.54) is 0 Å². The molecule has 0 amide bonds. The number of aromatic hydroxyl groups is 1. The molecule has 1 aliphatic rings. The van der Waals surface area contributed by atoms with Gasteiger partial charge in [-0.05, 0) is 62.9 Å². The molecule has 1 aliphatic heterocycles. The number of esters is 1. The highest BCUT2D eigenvalue weighted by atomic mass is 127. The number of hydrogen-bond donors (Lipinski definition) is 2. The highest BCUT2D eigenvalue weighted by molar-refractivity contribution is 14.1. The first kappa shape index (κ1) is 17.9. The van der Waals surface area contributed by atoms with Gasteiger partial charge in [-0.3, -0.25) is 0 Å². The van der Waals surface area contributed by atoms with Crippen LogP contribution in [0.5, 0.6) is 5.75 Å². The van der Waals surface area contributed by atoms with Crippen LogP contribution in [0.15, 0.2) is 42.5 Å². The zero-order valence-electron chi connectivity index (χ0n) is 13.0. The number of phenols is 1. The minimum absolute atomic E-state index is 0.00778. The van der Waals surface area contributed by atoms with E-state index < -0.39 is 11.6 Å². The molecule has 2 aromatic carbocycles. The van der Waals surface area contributed by atoms with Crippen molar-refractivity contribution in [3.05, 3.63) is 60.7 Å². The molecule has 0 unspecified atom stereocenters. The molecule has 24 heavy (non-hydrogen) atoms. The summed E-state index contributed by atoms with van der Waals surface area (Å²) in [5.41, 5.74) is 0.633. The van der Waals surface area contributed by atoms with Crippen molar-refractivity contribution < 1.29 is 20.0 Å². The fraction of sp³-hybridized carbons (Fsp3) is 0.278. The van der Waals surface area contributed by atoms with Crippen molar-refractivity contribution in [2.45, 2.75) is 18.4 Å². The second-order valence-corrected chi connectivity index (χ2v) is 8.31. The van der Waals surface area contributed by atoms with Crippen LogP contribution in [0, 0.1) is 7.14 Å². The van der Waals surface area contributed by atoms with E-state index in [2.05, 4.69) is 27.9 Å². The van der Waals surface area contributed by atoms with Crippen LogP contribution in [0.1, 0.15) is 28.8 Å². The van der Waals surface area contributed by atoms with Gasteiger partial charge in [0.15, 0.2) is 0 Å². The average Bonchev–Trinajstić information content (AvgIpc) is 2.59. The summed E-state index contributed by atoms with van der Waals surface area (Å²) >= 11 is 4.17. The zero-order valence-corrected chi connectivity index (χ0v) is 17.3. The molecule has 0 bridgehead atoms. The fourth-order valence-corrected chi connectivity index (χ4v) is 4.93. The van der Waals surface area contributed by atoms with E-state index in [9.17, 15) is 9.90 Å². The molecule has 0 atom stereocenters. The van der Waals surface area contributed by atoms with Crippen LogP contribution in [-0.4, -0.2) is 24.2 Å². The van der Waals surface area contributed by atoms with Gasteiger partial charge in [-0.1, -0.05) is 30.3 Å². The van der Waals surface area contributed by atoms with Crippen LogP contribution in [0.4, 0.5) is 0 Å². The number of piperidine rings is 1. The van der Waals surface area contributed by atoms with Gasteiger partial charge >= 0.3 is 5.97 Å². The molecule has 1 heterocycles. The van der Waals surface area contributed by atoms with Gasteiger partial charge in [0.05, 0.1) is 16.7 Å². The van der Waals surface area contributed by atoms with Gasteiger partial charge in [-0.2, -0.15) is 0 Å². The van der Waals surface area contributed by atoms with Gasteiger partial charge in [0, 0.05) is 16.4 Å². The predicted octanol–water partition coefficient (Wildman–Crippen LogP) is 3.01. The minimum atomic E-state index is -0.619. The summed E-state index contributed by atoms with van der Waals surface area (Å²) in [6, 6.07) is 13.4. The third-order valence-corrected chi connectivity index (χ3v) is 5.79. The van der Waals surface area contributed by atoms with Gasteiger partial charge in [-0.25, -0.2) is 4.79 Å². The summed E-state index contributed by atoms with van der Waals surface area (Å²) in [4.78, 5) is 12.8. The standard InChI is InChI=1S/C18H17I2NO3/c19-13-10-14(16(22)15(20)11-13)17(23)24-18(6-8-21-9-7-18)12-4-2-1-3-5-12/h1-5,10-11,21-22H,6-9H2/p+1. The number of rotatable bonds is 3. The van der Waals surface area contributed by atoms with E-state index in [4.69, 9.17) is 4.74 Å². The van der Waals surface area contributed by atoms with Crippen LogP contribution in [0.25, 0.3) is 0 Å². The Balaban J connectivity index is 1.95. The minimum Gasteiger partial charge on any atom is -0.506 e. The summed E-state index contributed by atoms with van der Waals surface area (Å²) in [5, 5.41) is 12.5. The first-order valence-corrected chi connectivity index (χ1v) is 9.96. The Bertz CT molecular complexity index is 743. The lowest BCUT2D eigenvalue weighted by Gasteiger charge is -2.36. The van der Waals surface area contributed by atoms with Crippen LogP contribution < -0.4 is 5.32 Å². The van der Waals surface area contributed by atoms with Crippen molar-refractivity contribution >= 4 is 51.2 Å². The Kier molecular flexibility index (Phi) is 5.66. The number of hydrogen-bond acceptors (Lipinski definition) is 3. The first-order chi connectivity index (χ1) is 11.5. The number of nitrogens with two attached hydrogens (primary N) is 1. The second-order valence-electron chi connectivity index (χ2n) is 5.90. The fourth-order valence-electron chi connectivity index (χ4n) is 3.09. The number of carbonyl (C=O) groups excluding carboxylic acids is 1. The summed E-state index contributed by atoms with van der Waals surface area (Å²) in [5.74, 6) is -0.471. The number of quaternary nitrogens is 1. The Labute approximate surface area is 168 Å². The highest BCUT2D eigenvalue weighted by Gasteiger charge is 2.40. The monoisotopic (exact) mass is 550 g/mol. The van der Waals surface area contributed by atoms with Gasteiger partial charge in [-0.15, -0.1) is 0 Å². The Hall–Kier alpha value is -0.870. The number of halogens is 2. The van der Waals surface area contributed by atoms with Gasteiger partial charge in [0.1, 0.15) is 16.9 Å². The quantitative estimate of drug-likeness (QED) is 0.457. The van der Waals surface area contributed by atoms with Crippen molar-refractivity contribution in [3.8, 4) is 5.75 Å². The van der Waals surface area contributed by atoms with E-state index >= 15 is 0 Å². The number of carbonyl (C=O) groups is 1. The zero-order chi connectivity index (χ0) is 17.2.